The maximum absolute atomic E-state index is 12.8. The lowest BCUT2D eigenvalue weighted by Crippen LogP contribution is -2.43. The number of hydrogen-bond acceptors (Lipinski definition) is 5. The van der Waals surface area contributed by atoms with Crippen molar-refractivity contribution in [2.24, 2.45) is 5.92 Å². The van der Waals surface area contributed by atoms with Crippen LogP contribution in [0.1, 0.15) is 12.8 Å². The van der Waals surface area contributed by atoms with Crippen molar-refractivity contribution in [3.8, 4) is 5.75 Å². The second-order valence-corrected chi connectivity index (χ2v) is 10.4. The molecule has 1 saturated heterocycles. The van der Waals surface area contributed by atoms with E-state index in [1.54, 1.807) is 6.07 Å². The van der Waals surface area contributed by atoms with E-state index in [4.69, 9.17) is 4.74 Å². The molecule has 1 fully saturated rings. The molecule has 1 unspecified atom stereocenters. The second-order valence-electron chi connectivity index (χ2n) is 5.79. The van der Waals surface area contributed by atoms with Gasteiger partial charge in [0.2, 0.25) is 20.0 Å². The molecule has 0 spiro atoms. The molecule has 0 radical (unpaired) electrons. The quantitative estimate of drug-likeness (QED) is 0.721. The SMILES string of the molecule is COc1ccc(S(=O)(=O)N2CCCC(CNS(C)(=O)=O)C2)cc1Br. The van der Waals surface area contributed by atoms with Gasteiger partial charge in [-0.05, 0) is 52.9 Å². The summed E-state index contributed by atoms with van der Waals surface area (Å²) in [5.74, 6) is 0.521. The molecule has 2 rings (SSSR count). The van der Waals surface area contributed by atoms with Gasteiger partial charge in [0, 0.05) is 19.6 Å². The number of sulfonamides is 2. The van der Waals surface area contributed by atoms with Gasteiger partial charge in [-0.1, -0.05) is 0 Å². The Morgan fingerprint density at radius 3 is 2.62 bits per heavy atom. The van der Waals surface area contributed by atoms with Crippen LogP contribution in [0.3, 0.4) is 0 Å². The molecule has 7 nitrogen and oxygen atoms in total. The van der Waals surface area contributed by atoms with Crippen LogP contribution in [0.2, 0.25) is 0 Å². The molecule has 0 amide bonds. The minimum Gasteiger partial charge on any atom is -0.496 e. The van der Waals surface area contributed by atoms with Gasteiger partial charge in [-0.2, -0.15) is 4.31 Å². The molecule has 1 N–H and O–H groups in total. The highest BCUT2D eigenvalue weighted by atomic mass is 79.9. The maximum Gasteiger partial charge on any atom is 0.243 e. The third-order valence-corrected chi connectivity index (χ3v) is 7.05. The van der Waals surface area contributed by atoms with Gasteiger partial charge in [-0.25, -0.2) is 21.6 Å². The molecule has 1 aromatic carbocycles. The average Bonchev–Trinajstić information content (AvgIpc) is 2.52. The molecule has 1 atom stereocenters. The summed E-state index contributed by atoms with van der Waals surface area (Å²) in [4.78, 5) is 0.187. The van der Waals surface area contributed by atoms with Crippen LogP contribution in [0.5, 0.6) is 5.75 Å². The van der Waals surface area contributed by atoms with Gasteiger partial charge >= 0.3 is 0 Å². The zero-order chi connectivity index (χ0) is 18.0. The molecule has 24 heavy (non-hydrogen) atoms. The first-order valence-corrected chi connectivity index (χ1v) is 11.5. The van der Waals surface area contributed by atoms with Crippen molar-refractivity contribution < 1.29 is 21.6 Å². The highest BCUT2D eigenvalue weighted by Gasteiger charge is 2.30. The minimum absolute atomic E-state index is 0.0371. The standard InChI is InChI=1S/C14H21BrN2O5S2/c1-22-14-6-5-12(8-13(14)15)24(20,21)17-7-3-4-11(10-17)9-16-23(2,18)19/h5-6,8,11,16H,3-4,7,9-10H2,1-2H3. The van der Waals surface area contributed by atoms with Crippen LogP contribution < -0.4 is 9.46 Å². The molecule has 1 aliphatic rings. The first kappa shape index (κ1) is 19.6. The number of piperidine rings is 1. The van der Waals surface area contributed by atoms with E-state index in [1.165, 1.54) is 23.5 Å². The van der Waals surface area contributed by atoms with Gasteiger partial charge in [0.25, 0.3) is 0 Å². The highest BCUT2D eigenvalue weighted by Crippen LogP contribution is 2.30. The molecule has 0 aliphatic carbocycles. The molecule has 1 heterocycles. The van der Waals surface area contributed by atoms with Gasteiger partial charge in [0.05, 0.1) is 22.7 Å². The summed E-state index contributed by atoms with van der Waals surface area (Å²) in [7, 11) is -5.39. The van der Waals surface area contributed by atoms with Gasteiger partial charge in [0.1, 0.15) is 5.75 Å². The average molecular weight is 441 g/mol. The highest BCUT2D eigenvalue weighted by molar-refractivity contribution is 9.10. The molecule has 0 bridgehead atoms. The van der Waals surface area contributed by atoms with Gasteiger partial charge in [-0.3, -0.25) is 0 Å². The van der Waals surface area contributed by atoms with Gasteiger partial charge in [0.15, 0.2) is 0 Å². The van der Waals surface area contributed by atoms with Crippen molar-refractivity contribution in [2.75, 3.05) is 33.0 Å². The van der Waals surface area contributed by atoms with Crippen LogP contribution in [0.25, 0.3) is 0 Å². The lowest BCUT2D eigenvalue weighted by molar-refractivity contribution is 0.267. The number of methoxy groups -OCH3 is 1. The normalized spacial score (nSPS) is 20.0. The van der Waals surface area contributed by atoms with E-state index in [2.05, 4.69) is 20.7 Å². The van der Waals surface area contributed by atoms with Crippen LogP contribution >= 0.6 is 15.9 Å². The largest absolute Gasteiger partial charge is 0.496 e. The van der Waals surface area contributed by atoms with Crippen LogP contribution in [0.15, 0.2) is 27.6 Å². The first-order chi connectivity index (χ1) is 11.1. The molecular weight excluding hydrogens is 420 g/mol. The van der Waals surface area contributed by atoms with E-state index in [0.717, 1.165) is 12.7 Å². The number of rotatable bonds is 6. The Balaban J connectivity index is 2.15. The topological polar surface area (TPSA) is 92.8 Å². The Labute approximate surface area is 151 Å². The fourth-order valence-corrected chi connectivity index (χ4v) is 5.45. The first-order valence-electron chi connectivity index (χ1n) is 7.42. The lowest BCUT2D eigenvalue weighted by Gasteiger charge is -2.32. The Morgan fingerprint density at radius 1 is 1.33 bits per heavy atom. The molecule has 1 aliphatic heterocycles. The Hall–Kier alpha value is -0.680. The number of nitrogens with one attached hydrogen (secondary N) is 1. The van der Waals surface area contributed by atoms with E-state index >= 15 is 0 Å². The molecule has 0 saturated carbocycles. The van der Waals surface area contributed by atoms with E-state index in [9.17, 15) is 16.8 Å². The monoisotopic (exact) mass is 440 g/mol. The number of ether oxygens (including phenoxy) is 1. The van der Waals surface area contributed by atoms with Crippen LogP contribution in [0, 0.1) is 5.92 Å². The smallest absolute Gasteiger partial charge is 0.243 e. The fraction of sp³-hybridized carbons (Fsp3) is 0.571. The zero-order valence-corrected chi connectivity index (χ0v) is 16.7. The molecule has 136 valence electrons. The van der Waals surface area contributed by atoms with Gasteiger partial charge in [-0.15, -0.1) is 0 Å². The predicted octanol–water partition coefficient (Wildman–Crippen LogP) is 1.41. The van der Waals surface area contributed by atoms with Crippen LogP contribution in [-0.2, 0) is 20.0 Å². The van der Waals surface area contributed by atoms with Crippen LogP contribution in [0.4, 0.5) is 0 Å². The number of nitrogens with zero attached hydrogens (tertiary/aromatic N) is 1. The van der Waals surface area contributed by atoms with Crippen molar-refractivity contribution in [3.05, 3.63) is 22.7 Å². The summed E-state index contributed by atoms with van der Waals surface area (Å²) < 4.78 is 57.6. The second kappa shape index (κ2) is 7.69. The molecule has 0 aromatic heterocycles. The van der Waals surface area contributed by atoms with E-state index in [1.807, 2.05) is 0 Å². The summed E-state index contributed by atoms with van der Waals surface area (Å²) in [6.45, 7) is 0.979. The summed E-state index contributed by atoms with van der Waals surface area (Å²) in [6, 6.07) is 4.63. The summed E-state index contributed by atoms with van der Waals surface area (Å²) >= 11 is 3.30. The Kier molecular flexibility index (Phi) is 6.29. The predicted molar refractivity (Wildman–Crippen MR) is 95.0 cm³/mol. The summed E-state index contributed by atoms with van der Waals surface area (Å²) in [5, 5.41) is 0. The van der Waals surface area contributed by atoms with Crippen molar-refractivity contribution >= 4 is 36.0 Å². The fourth-order valence-electron chi connectivity index (χ4n) is 2.64. The van der Waals surface area contributed by atoms with E-state index in [0.29, 0.717) is 29.7 Å². The maximum atomic E-state index is 12.8. The molecular formula is C14H21BrN2O5S2. The van der Waals surface area contributed by atoms with E-state index in [-0.39, 0.29) is 17.4 Å². The van der Waals surface area contributed by atoms with Crippen LogP contribution in [-0.4, -0.2) is 54.1 Å². The van der Waals surface area contributed by atoms with Crippen molar-refractivity contribution in [2.45, 2.75) is 17.7 Å². The Morgan fingerprint density at radius 2 is 2.04 bits per heavy atom. The summed E-state index contributed by atoms with van der Waals surface area (Å²) in [6.07, 6.45) is 2.59. The van der Waals surface area contributed by atoms with Gasteiger partial charge < -0.3 is 4.74 Å². The zero-order valence-electron chi connectivity index (χ0n) is 13.5. The third-order valence-electron chi connectivity index (χ3n) is 3.88. The van der Waals surface area contributed by atoms with E-state index < -0.39 is 20.0 Å². The van der Waals surface area contributed by atoms with Crippen molar-refractivity contribution in [1.82, 2.24) is 9.03 Å². The minimum atomic E-state index is -3.63. The third kappa shape index (κ3) is 4.92. The van der Waals surface area contributed by atoms with Crippen molar-refractivity contribution in [3.63, 3.8) is 0 Å². The summed E-state index contributed by atoms with van der Waals surface area (Å²) in [5.41, 5.74) is 0. The Bertz CT molecular complexity index is 795. The molecule has 10 heteroatoms. The number of hydrogen-bond donors (Lipinski definition) is 1. The van der Waals surface area contributed by atoms with Crippen molar-refractivity contribution in [1.29, 1.82) is 0 Å². The lowest BCUT2D eigenvalue weighted by atomic mass is 10.0. The molecule has 1 aromatic rings. The number of halogens is 1. The number of benzene rings is 1.